The minimum absolute atomic E-state index is 0.140. The first-order chi connectivity index (χ1) is 14.7. The number of hydrogen-bond donors (Lipinski definition) is 0. The van der Waals surface area contributed by atoms with Gasteiger partial charge in [-0.15, -0.1) is 0 Å². The van der Waals surface area contributed by atoms with Crippen LogP contribution < -0.4 is 4.74 Å². The summed E-state index contributed by atoms with van der Waals surface area (Å²) < 4.78 is 39.2. The summed E-state index contributed by atoms with van der Waals surface area (Å²) in [5, 5.41) is 0. The van der Waals surface area contributed by atoms with E-state index in [-0.39, 0.29) is 21.7 Å². The van der Waals surface area contributed by atoms with Gasteiger partial charge in [0, 0.05) is 0 Å². The molecule has 0 spiro atoms. The van der Waals surface area contributed by atoms with Crippen LogP contribution in [0.1, 0.15) is 20.8 Å². The molecule has 4 atom stereocenters. The van der Waals surface area contributed by atoms with E-state index in [9.17, 15) is 13.2 Å². The number of nitrogens with zero attached hydrogens (tertiary/aromatic N) is 1. The summed E-state index contributed by atoms with van der Waals surface area (Å²) in [5.74, 6) is 0.686. The summed E-state index contributed by atoms with van der Waals surface area (Å²) >= 11 is 0. The number of para-hydroxylation sites is 1. The maximum absolute atomic E-state index is 13.6. The van der Waals surface area contributed by atoms with Crippen molar-refractivity contribution < 1.29 is 22.7 Å². The molecule has 3 heterocycles. The lowest BCUT2D eigenvalue weighted by molar-refractivity contribution is -0.170. The maximum atomic E-state index is 13.6. The van der Waals surface area contributed by atoms with Gasteiger partial charge in [0.25, 0.3) is 5.91 Å². The van der Waals surface area contributed by atoms with Crippen LogP contribution in [0.2, 0.25) is 0 Å². The SMILES string of the molecule is CC1=C[C@]2(C)OC(C)=C(S(=O)(=O)c3ccccc3)[C@@H]2N2C(=O)[C@H](Oc3ccccc3)[C@@H]12. The van der Waals surface area contributed by atoms with Crippen molar-refractivity contribution in [2.75, 3.05) is 0 Å². The van der Waals surface area contributed by atoms with Crippen LogP contribution in [0.15, 0.2) is 87.9 Å². The van der Waals surface area contributed by atoms with Crippen molar-refractivity contribution in [3.63, 3.8) is 0 Å². The van der Waals surface area contributed by atoms with E-state index in [4.69, 9.17) is 9.47 Å². The number of amides is 1. The predicted octanol–water partition coefficient (Wildman–Crippen LogP) is 3.47. The number of sulfone groups is 1. The molecular formula is C24H23NO5S. The molecule has 0 aromatic heterocycles. The minimum Gasteiger partial charge on any atom is -0.484 e. The fourth-order valence-corrected chi connectivity index (χ4v) is 6.82. The smallest absolute Gasteiger partial charge is 0.267 e. The third kappa shape index (κ3) is 2.83. The molecule has 2 aromatic rings. The van der Waals surface area contributed by atoms with Crippen molar-refractivity contribution in [2.24, 2.45) is 0 Å². The number of fused-ring (bicyclic) bond motifs is 3. The maximum Gasteiger partial charge on any atom is 0.267 e. The number of hydrogen-bond acceptors (Lipinski definition) is 5. The van der Waals surface area contributed by atoms with Crippen molar-refractivity contribution in [3.8, 4) is 5.75 Å². The van der Waals surface area contributed by atoms with Gasteiger partial charge < -0.3 is 14.4 Å². The number of rotatable bonds is 4. The molecule has 160 valence electrons. The number of ether oxygens (including phenoxy) is 2. The average Bonchev–Trinajstić information content (AvgIpc) is 3.01. The molecule has 5 rings (SSSR count). The highest BCUT2D eigenvalue weighted by atomic mass is 32.2. The number of carbonyl (C=O) groups excluding carboxylic acids is 1. The Bertz CT molecular complexity index is 1220. The van der Waals surface area contributed by atoms with Gasteiger partial charge in [0.05, 0.1) is 10.9 Å². The fraction of sp³-hybridized carbons (Fsp3) is 0.292. The zero-order valence-electron chi connectivity index (χ0n) is 17.5. The first-order valence-corrected chi connectivity index (χ1v) is 11.7. The Kier molecular flexibility index (Phi) is 4.31. The van der Waals surface area contributed by atoms with Crippen molar-refractivity contribution in [1.29, 1.82) is 0 Å². The van der Waals surface area contributed by atoms with Gasteiger partial charge in [-0.1, -0.05) is 36.4 Å². The Morgan fingerprint density at radius 1 is 1.00 bits per heavy atom. The van der Waals surface area contributed by atoms with Crippen molar-refractivity contribution in [2.45, 2.75) is 49.5 Å². The highest BCUT2D eigenvalue weighted by Crippen LogP contribution is 2.50. The van der Waals surface area contributed by atoms with Crippen LogP contribution in [-0.2, 0) is 19.4 Å². The summed E-state index contributed by atoms with van der Waals surface area (Å²) in [7, 11) is -3.85. The van der Waals surface area contributed by atoms with Crippen LogP contribution >= 0.6 is 0 Å². The lowest BCUT2D eigenvalue weighted by atomic mass is 9.77. The van der Waals surface area contributed by atoms with E-state index in [0.717, 1.165) is 5.57 Å². The van der Waals surface area contributed by atoms with Crippen LogP contribution in [0.25, 0.3) is 0 Å². The van der Waals surface area contributed by atoms with Crippen molar-refractivity contribution in [3.05, 3.63) is 83.0 Å². The summed E-state index contributed by atoms with van der Waals surface area (Å²) in [6.07, 6.45) is 1.24. The third-order valence-corrected chi connectivity index (χ3v) is 8.19. The predicted molar refractivity (Wildman–Crippen MR) is 115 cm³/mol. The number of benzene rings is 2. The first-order valence-electron chi connectivity index (χ1n) is 10.2. The van der Waals surface area contributed by atoms with Crippen molar-refractivity contribution >= 4 is 15.7 Å². The van der Waals surface area contributed by atoms with Crippen LogP contribution in [-0.4, -0.2) is 43.0 Å². The lowest BCUT2D eigenvalue weighted by Crippen LogP contribution is -2.75. The van der Waals surface area contributed by atoms with E-state index in [2.05, 4.69) is 0 Å². The van der Waals surface area contributed by atoms with Crippen LogP contribution in [0.3, 0.4) is 0 Å². The monoisotopic (exact) mass is 437 g/mol. The van der Waals surface area contributed by atoms with E-state index in [1.807, 2.05) is 38.1 Å². The Morgan fingerprint density at radius 3 is 2.26 bits per heavy atom. The van der Waals surface area contributed by atoms with Gasteiger partial charge in [-0.2, -0.15) is 0 Å². The van der Waals surface area contributed by atoms with Crippen LogP contribution in [0.5, 0.6) is 5.75 Å². The zero-order chi connectivity index (χ0) is 22.0. The third-order valence-electron chi connectivity index (χ3n) is 6.20. The molecule has 3 aliphatic rings. The normalized spacial score (nSPS) is 29.5. The van der Waals surface area contributed by atoms with E-state index in [1.54, 1.807) is 54.3 Å². The molecular weight excluding hydrogens is 414 g/mol. The Hall–Kier alpha value is -3.06. The summed E-state index contributed by atoms with van der Waals surface area (Å²) in [5.41, 5.74) is -0.0275. The van der Waals surface area contributed by atoms with Gasteiger partial charge in [-0.25, -0.2) is 8.42 Å². The molecule has 0 unspecified atom stereocenters. The van der Waals surface area contributed by atoms with Gasteiger partial charge in [-0.05, 0) is 56.7 Å². The highest BCUT2D eigenvalue weighted by molar-refractivity contribution is 7.95. The molecule has 3 aliphatic heterocycles. The molecule has 0 radical (unpaired) electrons. The number of β-lactam (4-membered cyclic amide) rings is 1. The topological polar surface area (TPSA) is 72.9 Å². The molecule has 0 aliphatic carbocycles. The van der Waals surface area contributed by atoms with Gasteiger partial charge in [0.1, 0.15) is 28.1 Å². The quantitative estimate of drug-likeness (QED) is 0.541. The Labute approximate surface area is 181 Å². The highest BCUT2D eigenvalue weighted by Gasteiger charge is 2.64. The molecule has 1 saturated heterocycles. The molecule has 31 heavy (non-hydrogen) atoms. The van der Waals surface area contributed by atoms with E-state index >= 15 is 0 Å². The molecule has 0 bridgehead atoms. The molecule has 0 saturated carbocycles. The number of allylic oxidation sites excluding steroid dienone is 1. The summed E-state index contributed by atoms with van der Waals surface area (Å²) in [6.45, 7) is 5.40. The second-order valence-corrected chi connectivity index (χ2v) is 10.3. The van der Waals surface area contributed by atoms with Crippen molar-refractivity contribution in [1.82, 2.24) is 4.90 Å². The standard InChI is InChI=1S/C24H23NO5S/c1-15-14-24(3)22(21(16(2)30-24)31(27,28)18-12-8-5-9-13-18)25-19(15)20(23(25)26)29-17-10-6-4-7-11-17/h4-14,19-20,22H,1-3H3/t19-,20-,22+,24+/m1/s1. The molecule has 1 fully saturated rings. The van der Waals surface area contributed by atoms with E-state index in [1.165, 1.54) is 0 Å². The zero-order valence-corrected chi connectivity index (χ0v) is 18.3. The van der Waals surface area contributed by atoms with Gasteiger partial charge in [0.2, 0.25) is 15.9 Å². The second kappa shape index (κ2) is 6.72. The largest absolute Gasteiger partial charge is 0.484 e. The van der Waals surface area contributed by atoms with Gasteiger partial charge in [0.15, 0.2) is 0 Å². The van der Waals surface area contributed by atoms with E-state index < -0.39 is 27.6 Å². The Balaban J connectivity index is 1.56. The average molecular weight is 438 g/mol. The minimum atomic E-state index is -3.85. The molecule has 1 amide bonds. The fourth-order valence-electron chi connectivity index (χ4n) is 4.99. The second-order valence-electron chi connectivity index (χ2n) is 8.36. The lowest BCUT2D eigenvalue weighted by Gasteiger charge is -2.55. The van der Waals surface area contributed by atoms with Crippen LogP contribution in [0.4, 0.5) is 0 Å². The summed E-state index contributed by atoms with van der Waals surface area (Å²) in [6, 6.07) is 16.3. The molecule has 7 heteroatoms. The van der Waals surface area contributed by atoms with Gasteiger partial charge >= 0.3 is 0 Å². The van der Waals surface area contributed by atoms with Crippen LogP contribution in [0, 0.1) is 0 Å². The molecule has 2 aromatic carbocycles. The molecule has 0 N–H and O–H groups in total. The first kappa shape index (κ1) is 19.9. The van der Waals surface area contributed by atoms with Gasteiger partial charge in [-0.3, -0.25) is 4.79 Å². The molecule has 6 nitrogen and oxygen atoms in total. The van der Waals surface area contributed by atoms with E-state index in [0.29, 0.717) is 11.5 Å². The Morgan fingerprint density at radius 2 is 1.61 bits per heavy atom. The summed E-state index contributed by atoms with van der Waals surface area (Å²) in [4.78, 5) is 15.2. The number of carbonyl (C=O) groups is 1.